The fraction of sp³-hybridized carbons (Fsp3) is 0.941. The maximum absolute atomic E-state index is 12.3. The molecule has 3 heteroatoms. The highest BCUT2D eigenvalue weighted by molar-refractivity contribution is 5.82. The van der Waals surface area contributed by atoms with E-state index in [-0.39, 0.29) is 11.9 Å². The van der Waals surface area contributed by atoms with Crippen LogP contribution in [0.5, 0.6) is 0 Å². The lowest BCUT2D eigenvalue weighted by molar-refractivity contribution is -0.123. The third-order valence-corrected chi connectivity index (χ3v) is 5.79. The van der Waals surface area contributed by atoms with Gasteiger partial charge in [-0.3, -0.25) is 4.79 Å². The standard InChI is InChI=1S/C17H30N2O/c1-12-5-4-6-13(9-12)11-18-17(20)16-10-14-7-2-3-8-15(14)19-16/h12-16,19H,2-11H2,1H3,(H,18,20). The molecule has 5 atom stereocenters. The van der Waals surface area contributed by atoms with Crippen molar-refractivity contribution < 1.29 is 4.79 Å². The minimum Gasteiger partial charge on any atom is -0.354 e. The third kappa shape index (κ3) is 3.36. The lowest BCUT2D eigenvalue weighted by Crippen LogP contribution is -2.44. The minimum atomic E-state index is 0.0871. The Balaban J connectivity index is 1.43. The second-order valence-electron chi connectivity index (χ2n) is 7.49. The summed E-state index contributed by atoms with van der Waals surface area (Å²) >= 11 is 0. The molecule has 20 heavy (non-hydrogen) atoms. The molecule has 3 aliphatic rings. The predicted molar refractivity (Wildman–Crippen MR) is 81.4 cm³/mol. The largest absolute Gasteiger partial charge is 0.354 e. The molecular formula is C17H30N2O. The normalized spacial score (nSPS) is 41.1. The van der Waals surface area contributed by atoms with E-state index in [0.717, 1.165) is 24.8 Å². The van der Waals surface area contributed by atoms with Crippen molar-refractivity contribution in [1.82, 2.24) is 10.6 Å². The molecule has 0 radical (unpaired) electrons. The number of amides is 1. The fourth-order valence-corrected chi connectivity index (χ4v) is 4.63. The van der Waals surface area contributed by atoms with Crippen LogP contribution in [0.25, 0.3) is 0 Å². The van der Waals surface area contributed by atoms with E-state index in [9.17, 15) is 4.79 Å². The molecule has 1 heterocycles. The van der Waals surface area contributed by atoms with E-state index >= 15 is 0 Å². The summed E-state index contributed by atoms with van der Waals surface area (Å²) < 4.78 is 0. The van der Waals surface area contributed by atoms with Crippen LogP contribution >= 0.6 is 0 Å². The van der Waals surface area contributed by atoms with E-state index in [1.54, 1.807) is 0 Å². The van der Waals surface area contributed by atoms with Gasteiger partial charge >= 0.3 is 0 Å². The van der Waals surface area contributed by atoms with E-state index in [0.29, 0.717) is 12.0 Å². The maximum Gasteiger partial charge on any atom is 0.237 e. The van der Waals surface area contributed by atoms with Crippen LogP contribution in [0, 0.1) is 17.8 Å². The van der Waals surface area contributed by atoms with Gasteiger partial charge in [0.05, 0.1) is 6.04 Å². The first-order valence-electron chi connectivity index (χ1n) is 8.76. The van der Waals surface area contributed by atoms with Crippen LogP contribution < -0.4 is 10.6 Å². The SMILES string of the molecule is CC1CCCC(CNC(=O)C2CC3CCCCC3N2)C1. The average molecular weight is 278 g/mol. The van der Waals surface area contributed by atoms with Crippen molar-refractivity contribution in [1.29, 1.82) is 0 Å². The zero-order valence-corrected chi connectivity index (χ0v) is 12.9. The van der Waals surface area contributed by atoms with Gasteiger partial charge in [-0.05, 0) is 49.9 Å². The lowest BCUT2D eigenvalue weighted by Gasteiger charge is -2.27. The molecule has 2 saturated carbocycles. The van der Waals surface area contributed by atoms with E-state index in [1.807, 2.05) is 0 Å². The van der Waals surface area contributed by atoms with Crippen molar-refractivity contribution >= 4 is 5.91 Å². The van der Waals surface area contributed by atoms with Gasteiger partial charge in [-0.25, -0.2) is 0 Å². The molecule has 0 bridgehead atoms. The first-order valence-corrected chi connectivity index (χ1v) is 8.76. The molecule has 3 nitrogen and oxygen atoms in total. The van der Waals surface area contributed by atoms with Crippen LogP contribution in [0.1, 0.15) is 64.7 Å². The Morgan fingerprint density at radius 2 is 1.95 bits per heavy atom. The molecule has 1 saturated heterocycles. The first kappa shape index (κ1) is 14.4. The van der Waals surface area contributed by atoms with Crippen LogP contribution in [0.2, 0.25) is 0 Å². The van der Waals surface area contributed by atoms with Crippen molar-refractivity contribution in [3.63, 3.8) is 0 Å². The van der Waals surface area contributed by atoms with E-state index in [1.165, 1.54) is 51.4 Å². The van der Waals surface area contributed by atoms with Crippen molar-refractivity contribution in [3.8, 4) is 0 Å². The monoisotopic (exact) mass is 278 g/mol. The number of hydrogen-bond acceptors (Lipinski definition) is 2. The summed E-state index contributed by atoms with van der Waals surface area (Å²) in [5, 5.41) is 6.80. The smallest absolute Gasteiger partial charge is 0.237 e. The molecule has 0 aromatic rings. The van der Waals surface area contributed by atoms with Gasteiger partial charge < -0.3 is 10.6 Å². The Labute approximate surface area is 123 Å². The summed E-state index contributed by atoms with van der Waals surface area (Å²) in [7, 11) is 0. The summed E-state index contributed by atoms with van der Waals surface area (Å²) in [4.78, 5) is 12.3. The Hall–Kier alpha value is -0.570. The number of carbonyl (C=O) groups excluding carboxylic acids is 1. The summed E-state index contributed by atoms with van der Waals surface area (Å²) in [5.41, 5.74) is 0. The molecule has 2 N–H and O–H groups in total. The highest BCUT2D eigenvalue weighted by Crippen LogP contribution is 2.33. The minimum absolute atomic E-state index is 0.0871. The Morgan fingerprint density at radius 3 is 2.75 bits per heavy atom. The molecule has 0 aromatic carbocycles. The fourth-order valence-electron chi connectivity index (χ4n) is 4.63. The molecule has 5 unspecified atom stereocenters. The quantitative estimate of drug-likeness (QED) is 0.833. The predicted octanol–water partition coefficient (Wildman–Crippen LogP) is 2.85. The molecule has 3 fully saturated rings. The molecular weight excluding hydrogens is 248 g/mol. The second-order valence-corrected chi connectivity index (χ2v) is 7.49. The molecule has 0 aromatic heterocycles. The van der Waals surface area contributed by atoms with Gasteiger partial charge in [-0.1, -0.05) is 32.6 Å². The van der Waals surface area contributed by atoms with Gasteiger partial charge in [0, 0.05) is 12.6 Å². The Morgan fingerprint density at radius 1 is 1.10 bits per heavy atom. The van der Waals surface area contributed by atoms with E-state index < -0.39 is 0 Å². The van der Waals surface area contributed by atoms with Crippen molar-refractivity contribution in [2.24, 2.45) is 17.8 Å². The Kier molecular flexibility index (Phi) is 4.65. The van der Waals surface area contributed by atoms with Gasteiger partial charge in [0.1, 0.15) is 0 Å². The summed E-state index contributed by atoms with van der Waals surface area (Å²) in [6.45, 7) is 3.24. The van der Waals surface area contributed by atoms with Gasteiger partial charge in [0.2, 0.25) is 5.91 Å². The number of rotatable bonds is 3. The zero-order valence-electron chi connectivity index (χ0n) is 12.9. The lowest BCUT2D eigenvalue weighted by atomic mass is 9.82. The van der Waals surface area contributed by atoms with Crippen molar-refractivity contribution in [2.75, 3.05) is 6.54 Å². The van der Waals surface area contributed by atoms with Crippen LogP contribution in [0.15, 0.2) is 0 Å². The van der Waals surface area contributed by atoms with E-state index in [4.69, 9.17) is 0 Å². The molecule has 2 aliphatic carbocycles. The highest BCUT2D eigenvalue weighted by Gasteiger charge is 2.38. The summed E-state index contributed by atoms with van der Waals surface area (Å²) in [5.74, 6) is 2.58. The van der Waals surface area contributed by atoms with Gasteiger partial charge in [0.15, 0.2) is 0 Å². The number of carbonyl (C=O) groups is 1. The molecule has 0 spiro atoms. The van der Waals surface area contributed by atoms with Crippen LogP contribution in [-0.2, 0) is 4.79 Å². The van der Waals surface area contributed by atoms with Gasteiger partial charge in [0.25, 0.3) is 0 Å². The van der Waals surface area contributed by atoms with Gasteiger partial charge in [-0.2, -0.15) is 0 Å². The van der Waals surface area contributed by atoms with Crippen molar-refractivity contribution in [2.45, 2.75) is 76.8 Å². The molecule has 1 aliphatic heterocycles. The maximum atomic E-state index is 12.3. The van der Waals surface area contributed by atoms with Crippen LogP contribution in [0.4, 0.5) is 0 Å². The highest BCUT2D eigenvalue weighted by atomic mass is 16.2. The second kappa shape index (κ2) is 6.46. The molecule has 1 amide bonds. The third-order valence-electron chi connectivity index (χ3n) is 5.79. The molecule has 3 rings (SSSR count). The van der Waals surface area contributed by atoms with Crippen LogP contribution in [-0.4, -0.2) is 24.5 Å². The summed E-state index contributed by atoms with van der Waals surface area (Å²) in [6, 6.07) is 0.707. The molecule has 114 valence electrons. The summed E-state index contributed by atoms with van der Waals surface area (Å²) in [6.07, 6.45) is 11.7. The number of hydrogen-bond donors (Lipinski definition) is 2. The topological polar surface area (TPSA) is 41.1 Å². The zero-order chi connectivity index (χ0) is 13.9. The van der Waals surface area contributed by atoms with E-state index in [2.05, 4.69) is 17.6 Å². The number of nitrogens with one attached hydrogen (secondary N) is 2. The van der Waals surface area contributed by atoms with Crippen LogP contribution in [0.3, 0.4) is 0 Å². The van der Waals surface area contributed by atoms with Crippen molar-refractivity contribution in [3.05, 3.63) is 0 Å². The first-order chi connectivity index (χ1) is 9.72. The average Bonchev–Trinajstić information content (AvgIpc) is 2.89. The number of fused-ring (bicyclic) bond motifs is 1. The van der Waals surface area contributed by atoms with Gasteiger partial charge in [-0.15, -0.1) is 0 Å². The Bertz CT molecular complexity index is 330.